The lowest BCUT2D eigenvalue weighted by Crippen LogP contribution is -2.10. The molecule has 0 spiro atoms. The van der Waals surface area contributed by atoms with Gasteiger partial charge in [-0.3, -0.25) is 4.21 Å². The van der Waals surface area contributed by atoms with Gasteiger partial charge in [0.2, 0.25) is 0 Å². The Bertz CT molecular complexity index is 319. The second kappa shape index (κ2) is 4.26. The first-order chi connectivity index (χ1) is 6.45. The Hall–Kier alpha value is -0.630. The van der Waals surface area contributed by atoms with Crippen LogP contribution in [0.25, 0.3) is 0 Å². The number of hydrogen-bond donors (Lipinski definition) is 0. The largest absolute Gasteiger partial charge is 0.254 e. The van der Waals surface area contributed by atoms with E-state index in [0.29, 0.717) is 5.75 Å². The van der Waals surface area contributed by atoms with Gasteiger partial charge in [-0.1, -0.05) is 39.8 Å². The molecule has 0 amide bonds. The summed E-state index contributed by atoms with van der Waals surface area (Å²) in [5, 5.41) is 0. The molecule has 0 unspecified atom stereocenters. The van der Waals surface area contributed by atoms with E-state index in [4.69, 9.17) is 0 Å². The van der Waals surface area contributed by atoms with Gasteiger partial charge in [0.05, 0.1) is 10.8 Å². The van der Waals surface area contributed by atoms with E-state index in [1.54, 1.807) is 0 Å². The van der Waals surface area contributed by atoms with Crippen molar-refractivity contribution in [2.24, 2.45) is 0 Å². The van der Waals surface area contributed by atoms with Crippen LogP contribution in [0.15, 0.2) is 29.2 Å². The summed E-state index contributed by atoms with van der Waals surface area (Å²) < 4.78 is 11.5. The van der Waals surface area contributed by atoms with E-state index >= 15 is 0 Å². The lowest BCUT2D eigenvalue weighted by molar-refractivity contribution is 0.589. The van der Waals surface area contributed by atoms with Gasteiger partial charge in [0.1, 0.15) is 0 Å². The van der Waals surface area contributed by atoms with Crippen molar-refractivity contribution < 1.29 is 4.21 Å². The molecule has 0 heterocycles. The van der Waals surface area contributed by atoms with Crippen LogP contribution in [-0.4, -0.2) is 9.96 Å². The minimum Gasteiger partial charge on any atom is -0.254 e. The van der Waals surface area contributed by atoms with Crippen molar-refractivity contribution in [3.63, 3.8) is 0 Å². The molecular formula is C12H18OS. The van der Waals surface area contributed by atoms with Gasteiger partial charge >= 0.3 is 0 Å². The van der Waals surface area contributed by atoms with Gasteiger partial charge in [-0.15, -0.1) is 0 Å². The SMILES string of the molecule is CC[S@@](=O)c1ccc(C(C)(C)C)cc1. The summed E-state index contributed by atoms with van der Waals surface area (Å²) in [6, 6.07) is 8.09. The van der Waals surface area contributed by atoms with Crippen LogP contribution in [0.4, 0.5) is 0 Å². The van der Waals surface area contributed by atoms with Gasteiger partial charge < -0.3 is 0 Å². The molecule has 14 heavy (non-hydrogen) atoms. The molecule has 0 aromatic heterocycles. The highest BCUT2D eigenvalue weighted by Crippen LogP contribution is 2.22. The summed E-state index contributed by atoms with van der Waals surface area (Å²) in [6.07, 6.45) is 0. The molecule has 1 aromatic rings. The highest BCUT2D eigenvalue weighted by Gasteiger charge is 2.13. The maximum Gasteiger partial charge on any atom is 0.0526 e. The average molecular weight is 210 g/mol. The van der Waals surface area contributed by atoms with Gasteiger partial charge in [0.15, 0.2) is 0 Å². The monoisotopic (exact) mass is 210 g/mol. The molecule has 0 bridgehead atoms. The van der Waals surface area contributed by atoms with Crippen LogP contribution < -0.4 is 0 Å². The minimum absolute atomic E-state index is 0.173. The summed E-state index contributed by atoms with van der Waals surface area (Å²) in [4.78, 5) is 0.931. The highest BCUT2D eigenvalue weighted by molar-refractivity contribution is 7.85. The second-order valence-electron chi connectivity index (χ2n) is 4.41. The molecule has 1 atom stereocenters. The Morgan fingerprint density at radius 2 is 1.64 bits per heavy atom. The fourth-order valence-electron chi connectivity index (χ4n) is 1.27. The van der Waals surface area contributed by atoms with Crippen molar-refractivity contribution in [2.45, 2.75) is 38.0 Å². The van der Waals surface area contributed by atoms with Crippen molar-refractivity contribution in [3.8, 4) is 0 Å². The summed E-state index contributed by atoms with van der Waals surface area (Å²) in [6.45, 7) is 8.48. The molecule has 0 aliphatic carbocycles. The molecule has 78 valence electrons. The zero-order valence-electron chi connectivity index (χ0n) is 9.33. The van der Waals surface area contributed by atoms with Crippen molar-refractivity contribution >= 4 is 10.8 Å². The zero-order chi connectivity index (χ0) is 10.8. The summed E-state index contributed by atoms with van der Waals surface area (Å²) >= 11 is 0. The fraction of sp³-hybridized carbons (Fsp3) is 0.500. The Balaban J connectivity index is 2.95. The molecule has 0 fully saturated rings. The third-order valence-electron chi connectivity index (χ3n) is 2.25. The smallest absolute Gasteiger partial charge is 0.0526 e. The lowest BCUT2D eigenvalue weighted by atomic mass is 9.87. The Morgan fingerprint density at radius 1 is 1.14 bits per heavy atom. The van der Waals surface area contributed by atoms with E-state index < -0.39 is 10.8 Å². The predicted molar refractivity (Wildman–Crippen MR) is 62.1 cm³/mol. The molecule has 0 aliphatic heterocycles. The van der Waals surface area contributed by atoms with Gasteiger partial charge in [-0.25, -0.2) is 0 Å². The van der Waals surface area contributed by atoms with Gasteiger partial charge in [-0.05, 0) is 23.1 Å². The first kappa shape index (κ1) is 11.4. The van der Waals surface area contributed by atoms with E-state index in [1.807, 2.05) is 19.1 Å². The lowest BCUT2D eigenvalue weighted by Gasteiger charge is -2.18. The number of hydrogen-bond acceptors (Lipinski definition) is 1. The first-order valence-corrected chi connectivity index (χ1v) is 6.26. The second-order valence-corrected chi connectivity index (χ2v) is 6.15. The van der Waals surface area contributed by atoms with Gasteiger partial charge in [0, 0.05) is 10.6 Å². The van der Waals surface area contributed by atoms with Crippen LogP contribution >= 0.6 is 0 Å². The van der Waals surface area contributed by atoms with Crippen LogP contribution in [0.1, 0.15) is 33.3 Å². The fourth-order valence-corrected chi connectivity index (χ4v) is 2.05. The topological polar surface area (TPSA) is 17.1 Å². The van der Waals surface area contributed by atoms with E-state index in [9.17, 15) is 4.21 Å². The minimum atomic E-state index is -0.825. The van der Waals surface area contributed by atoms with Gasteiger partial charge in [-0.2, -0.15) is 0 Å². The molecule has 2 heteroatoms. The van der Waals surface area contributed by atoms with Crippen LogP contribution in [0.3, 0.4) is 0 Å². The van der Waals surface area contributed by atoms with Crippen LogP contribution in [0.2, 0.25) is 0 Å². The average Bonchev–Trinajstić information content (AvgIpc) is 2.15. The summed E-state index contributed by atoms with van der Waals surface area (Å²) in [5.41, 5.74) is 1.46. The molecule has 0 N–H and O–H groups in total. The Morgan fingerprint density at radius 3 is 2.00 bits per heavy atom. The number of rotatable bonds is 2. The van der Waals surface area contributed by atoms with E-state index in [0.717, 1.165) is 4.90 Å². The summed E-state index contributed by atoms with van der Waals surface area (Å²) in [5.74, 6) is 0.689. The molecular weight excluding hydrogens is 192 g/mol. The molecule has 0 aliphatic rings. The summed E-state index contributed by atoms with van der Waals surface area (Å²) in [7, 11) is -0.825. The number of benzene rings is 1. The molecule has 0 saturated carbocycles. The van der Waals surface area contributed by atoms with E-state index in [1.165, 1.54) is 5.56 Å². The Kier molecular flexibility index (Phi) is 3.48. The maximum absolute atomic E-state index is 11.5. The van der Waals surface area contributed by atoms with Gasteiger partial charge in [0.25, 0.3) is 0 Å². The van der Waals surface area contributed by atoms with Crippen LogP contribution in [-0.2, 0) is 16.2 Å². The third-order valence-corrected chi connectivity index (χ3v) is 3.57. The maximum atomic E-state index is 11.5. The third kappa shape index (κ3) is 2.68. The van der Waals surface area contributed by atoms with Crippen molar-refractivity contribution in [3.05, 3.63) is 29.8 Å². The zero-order valence-corrected chi connectivity index (χ0v) is 10.1. The molecule has 1 aromatic carbocycles. The molecule has 0 saturated heterocycles. The predicted octanol–water partition coefficient (Wildman–Crippen LogP) is 3.11. The quantitative estimate of drug-likeness (QED) is 0.733. The Labute approximate surface area is 89.0 Å². The van der Waals surface area contributed by atoms with Crippen molar-refractivity contribution in [2.75, 3.05) is 5.75 Å². The highest BCUT2D eigenvalue weighted by atomic mass is 32.2. The molecule has 1 rings (SSSR count). The van der Waals surface area contributed by atoms with Crippen molar-refractivity contribution in [1.29, 1.82) is 0 Å². The van der Waals surface area contributed by atoms with Crippen LogP contribution in [0, 0.1) is 0 Å². The molecule has 1 nitrogen and oxygen atoms in total. The molecule has 0 radical (unpaired) electrons. The van der Waals surface area contributed by atoms with Crippen molar-refractivity contribution in [1.82, 2.24) is 0 Å². The normalized spacial score (nSPS) is 14.0. The standard InChI is InChI=1S/C12H18OS/c1-5-14(13)11-8-6-10(7-9-11)12(2,3)4/h6-9H,5H2,1-4H3/t14-/m1/s1. The van der Waals surface area contributed by atoms with E-state index in [2.05, 4.69) is 32.9 Å². The van der Waals surface area contributed by atoms with E-state index in [-0.39, 0.29) is 5.41 Å². The van der Waals surface area contributed by atoms with Crippen LogP contribution in [0.5, 0.6) is 0 Å². The first-order valence-electron chi connectivity index (χ1n) is 4.94.